The summed E-state index contributed by atoms with van der Waals surface area (Å²) in [6.07, 6.45) is -3.43. The number of fused-ring (bicyclic) bond motifs is 3. The fourth-order valence-electron chi connectivity index (χ4n) is 7.05. The van der Waals surface area contributed by atoms with Crippen molar-refractivity contribution in [3.63, 3.8) is 0 Å². The van der Waals surface area contributed by atoms with Crippen molar-refractivity contribution in [1.82, 2.24) is 20.4 Å². The summed E-state index contributed by atoms with van der Waals surface area (Å²) in [6, 6.07) is 24.0. The standard InChI is InChI=1S/C44H50F2N4O8/c1-5-56-40(57-6-2)26-50(28(3)4)42(52)38(23-30-20-21-36(45)37(46)22-30)47-41(51)39(48-43(53)58-27-29-14-8-7-9-15-29)25-49(44(54)55)24-35-33-18-12-10-16-31(33)32-17-11-13-19-34(32)35/h7-22,28,35,38-40H,5-6,23-27H2,1-4H3,(H,47,51)(H,48,53)(H,54,55). The van der Waals surface area contributed by atoms with Crippen LogP contribution in [0.1, 0.15) is 55.9 Å². The van der Waals surface area contributed by atoms with E-state index in [1.165, 1.54) is 11.0 Å². The number of carbonyl (C=O) groups is 4. The van der Waals surface area contributed by atoms with E-state index in [-0.39, 0.29) is 37.6 Å². The number of ether oxygens (including phenoxy) is 3. The molecule has 0 fully saturated rings. The van der Waals surface area contributed by atoms with E-state index in [4.69, 9.17) is 14.2 Å². The van der Waals surface area contributed by atoms with Crippen molar-refractivity contribution in [2.24, 2.45) is 0 Å². The van der Waals surface area contributed by atoms with Gasteiger partial charge in [0.2, 0.25) is 11.8 Å². The quantitative estimate of drug-likeness (QED) is 0.0888. The van der Waals surface area contributed by atoms with Gasteiger partial charge < -0.3 is 39.8 Å². The molecule has 1 aliphatic rings. The van der Waals surface area contributed by atoms with Gasteiger partial charge in [-0.2, -0.15) is 0 Å². The lowest BCUT2D eigenvalue weighted by molar-refractivity contribution is -0.163. The number of hydrogen-bond donors (Lipinski definition) is 3. The second-order valence-corrected chi connectivity index (χ2v) is 14.1. The first-order valence-corrected chi connectivity index (χ1v) is 19.3. The Morgan fingerprint density at radius 3 is 1.91 bits per heavy atom. The second kappa shape index (κ2) is 20.5. The predicted molar refractivity (Wildman–Crippen MR) is 213 cm³/mol. The van der Waals surface area contributed by atoms with Gasteiger partial charge in [0, 0.05) is 38.1 Å². The summed E-state index contributed by atoms with van der Waals surface area (Å²) in [6.45, 7) is 6.93. The molecule has 5 rings (SSSR count). The first-order valence-electron chi connectivity index (χ1n) is 19.3. The van der Waals surface area contributed by atoms with Gasteiger partial charge in [0.1, 0.15) is 18.7 Å². The SMILES string of the molecule is CCOC(CN(C(=O)C(Cc1ccc(F)c(F)c1)NC(=O)C(CN(CC1c2ccccc2-c2ccccc21)C(=O)O)NC(=O)OCc1ccccc1)C(C)C)OCC. The minimum Gasteiger partial charge on any atom is -0.465 e. The van der Waals surface area contributed by atoms with E-state index in [0.717, 1.165) is 39.3 Å². The van der Waals surface area contributed by atoms with Crippen LogP contribution in [0.3, 0.4) is 0 Å². The van der Waals surface area contributed by atoms with Gasteiger partial charge >= 0.3 is 12.2 Å². The number of rotatable bonds is 19. The maximum absolute atomic E-state index is 14.4. The zero-order valence-electron chi connectivity index (χ0n) is 33.0. The zero-order valence-corrected chi connectivity index (χ0v) is 33.0. The highest BCUT2D eigenvalue weighted by atomic mass is 19.2. The third-order valence-electron chi connectivity index (χ3n) is 9.86. The van der Waals surface area contributed by atoms with E-state index >= 15 is 0 Å². The van der Waals surface area contributed by atoms with E-state index < -0.39 is 66.6 Å². The molecular formula is C44H50F2N4O8. The van der Waals surface area contributed by atoms with Crippen molar-refractivity contribution in [2.45, 2.75) is 71.1 Å². The molecule has 4 aromatic rings. The van der Waals surface area contributed by atoms with Crippen LogP contribution in [0.2, 0.25) is 0 Å². The molecule has 0 radical (unpaired) electrons. The van der Waals surface area contributed by atoms with E-state index in [9.17, 15) is 33.1 Å². The molecule has 0 aliphatic heterocycles. The molecule has 4 aromatic carbocycles. The van der Waals surface area contributed by atoms with Crippen LogP contribution < -0.4 is 10.6 Å². The number of alkyl carbamates (subject to hydrolysis) is 1. The van der Waals surface area contributed by atoms with E-state index in [1.807, 2.05) is 48.5 Å². The Hall–Kier alpha value is -5.86. The fourth-order valence-corrected chi connectivity index (χ4v) is 7.05. The second-order valence-electron chi connectivity index (χ2n) is 14.1. The Labute approximate surface area is 337 Å². The van der Waals surface area contributed by atoms with Gasteiger partial charge in [-0.1, -0.05) is 84.9 Å². The van der Waals surface area contributed by atoms with E-state index in [0.29, 0.717) is 18.8 Å². The van der Waals surface area contributed by atoms with Crippen LogP contribution in [0.15, 0.2) is 97.1 Å². The molecule has 3 N–H and O–H groups in total. The Morgan fingerprint density at radius 2 is 1.34 bits per heavy atom. The predicted octanol–water partition coefficient (Wildman–Crippen LogP) is 6.72. The Kier molecular flexibility index (Phi) is 15.3. The van der Waals surface area contributed by atoms with Crippen molar-refractivity contribution in [3.05, 3.63) is 131 Å². The highest BCUT2D eigenvalue weighted by Gasteiger charge is 2.36. The zero-order chi connectivity index (χ0) is 41.8. The number of carboxylic acid groups (broad SMARTS) is 1. The van der Waals surface area contributed by atoms with Gasteiger partial charge in [-0.3, -0.25) is 9.59 Å². The number of nitrogens with one attached hydrogen (secondary N) is 2. The maximum atomic E-state index is 14.4. The van der Waals surface area contributed by atoms with Crippen LogP contribution in [0.5, 0.6) is 0 Å². The number of amides is 4. The maximum Gasteiger partial charge on any atom is 0.408 e. The van der Waals surface area contributed by atoms with Crippen LogP contribution in [-0.2, 0) is 36.8 Å². The molecule has 0 heterocycles. The van der Waals surface area contributed by atoms with Gasteiger partial charge in [-0.15, -0.1) is 0 Å². The lowest BCUT2D eigenvalue weighted by Crippen LogP contribution is -2.59. The van der Waals surface area contributed by atoms with Crippen molar-refractivity contribution >= 4 is 24.0 Å². The lowest BCUT2D eigenvalue weighted by Gasteiger charge is -2.34. The van der Waals surface area contributed by atoms with Crippen molar-refractivity contribution in [3.8, 4) is 11.1 Å². The Balaban J connectivity index is 1.46. The molecule has 58 heavy (non-hydrogen) atoms. The summed E-state index contributed by atoms with van der Waals surface area (Å²) in [7, 11) is 0. The van der Waals surface area contributed by atoms with Gasteiger partial charge in [-0.05, 0) is 73.2 Å². The van der Waals surface area contributed by atoms with Crippen molar-refractivity contribution in [2.75, 3.05) is 32.8 Å². The summed E-state index contributed by atoms with van der Waals surface area (Å²) in [5.41, 5.74) is 4.63. The topological polar surface area (TPSA) is 147 Å². The normalized spacial score (nSPS) is 13.0. The molecule has 0 aromatic heterocycles. The smallest absolute Gasteiger partial charge is 0.408 e. The number of benzene rings is 4. The van der Waals surface area contributed by atoms with Crippen LogP contribution in [0.4, 0.5) is 18.4 Å². The molecular weight excluding hydrogens is 750 g/mol. The summed E-state index contributed by atoms with van der Waals surface area (Å²) in [4.78, 5) is 57.6. The first-order chi connectivity index (χ1) is 27.9. The minimum absolute atomic E-state index is 0.0209. The number of halogens is 2. The third kappa shape index (κ3) is 11.2. The minimum atomic E-state index is -1.57. The van der Waals surface area contributed by atoms with E-state index in [1.54, 1.807) is 58.0 Å². The summed E-state index contributed by atoms with van der Waals surface area (Å²) in [5.74, 6) is -4.13. The number of hydrogen-bond acceptors (Lipinski definition) is 7. The fraction of sp³-hybridized carbons (Fsp3) is 0.364. The molecule has 1 aliphatic carbocycles. The van der Waals surface area contributed by atoms with Gasteiger partial charge in [0.05, 0.1) is 13.1 Å². The lowest BCUT2D eigenvalue weighted by atomic mass is 9.96. The van der Waals surface area contributed by atoms with Crippen LogP contribution in [0, 0.1) is 11.6 Å². The molecule has 2 unspecified atom stereocenters. The molecule has 308 valence electrons. The number of nitrogens with zero attached hydrogens (tertiary/aromatic N) is 2. The van der Waals surface area contributed by atoms with Gasteiger partial charge in [-0.25, -0.2) is 18.4 Å². The molecule has 14 heteroatoms. The van der Waals surface area contributed by atoms with E-state index in [2.05, 4.69) is 10.6 Å². The number of carbonyl (C=O) groups excluding carboxylic acids is 3. The molecule has 0 saturated heterocycles. The highest BCUT2D eigenvalue weighted by molar-refractivity contribution is 5.92. The highest BCUT2D eigenvalue weighted by Crippen LogP contribution is 2.44. The molecule has 0 saturated carbocycles. The van der Waals surface area contributed by atoms with Crippen molar-refractivity contribution < 1.29 is 47.3 Å². The first kappa shape index (κ1) is 43.3. The Bertz CT molecular complexity index is 1980. The summed E-state index contributed by atoms with van der Waals surface area (Å²) >= 11 is 0. The average Bonchev–Trinajstić information content (AvgIpc) is 3.52. The molecule has 0 bridgehead atoms. The molecule has 2 atom stereocenters. The van der Waals surface area contributed by atoms with Crippen LogP contribution in [0.25, 0.3) is 11.1 Å². The third-order valence-corrected chi connectivity index (χ3v) is 9.86. The largest absolute Gasteiger partial charge is 0.465 e. The van der Waals surface area contributed by atoms with Crippen molar-refractivity contribution in [1.29, 1.82) is 0 Å². The van der Waals surface area contributed by atoms with Gasteiger partial charge in [0.25, 0.3) is 0 Å². The molecule has 0 spiro atoms. The van der Waals surface area contributed by atoms with Crippen LogP contribution >= 0.6 is 0 Å². The average molecular weight is 801 g/mol. The molecule has 12 nitrogen and oxygen atoms in total. The summed E-state index contributed by atoms with van der Waals surface area (Å²) < 4.78 is 45.3. The molecule has 4 amide bonds. The Morgan fingerprint density at radius 1 is 0.741 bits per heavy atom. The van der Waals surface area contributed by atoms with Gasteiger partial charge in [0.15, 0.2) is 17.9 Å². The monoisotopic (exact) mass is 800 g/mol. The van der Waals surface area contributed by atoms with Crippen LogP contribution in [-0.4, -0.2) is 96.2 Å². The summed E-state index contributed by atoms with van der Waals surface area (Å²) in [5, 5.41) is 15.8.